The van der Waals surface area contributed by atoms with Gasteiger partial charge in [-0.25, -0.2) is 8.42 Å². The highest BCUT2D eigenvalue weighted by molar-refractivity contribution is 7.92. The van der Waals surface area contributed by atoms with Gasteiger partial charge in [0.2, 0.25) is 0 Å². The smallest absolute Gasteiger partial charge is 0.387 e. The minimum atomic E-state index is -3.90. The van der Waals surface area contributed by atoms with E-state index in [1.807, 2.05) is 6.92 Å². The van der Waals surface area contributed by atoms with Crippen LogP contribution in [0.5, 0.6) is 5.75 Å². The normalized spacial score (nSPS) is 11.6. The molecular formula is C16H17F2NO3S. The van der Waals surface area contributed by atoms with Gasteiger partial charge in [-0.2, -0.15) is 8.78 Å². The summed E-state index contributed by atoms with van der Waals surface area (Å²) < 4.78 is 56.5. The molecule has 1 N–H and O–H groups in total. The van der Waals surface area contributed by atoms with E-state index >= 15 is 0 Å². The largest absolute Gasteiger partial charge is 0.433 e. The molecule has 0 bridgehead atoms. The summed E-state index contributed by atoms with van der Waals surface area (Å²) in [5.74, 6) is -0.224. The van der Waals surface area contributed by atoms with Crippen molar-refractivity contribution in [1.82, 2.24) is 0 Å². The summed E-state index contributed by atoms with van der Waals surface area (Å²) >= 11 is 0. The summed E-state index contributed by atoms with van der Waals surface area (Å²) in [5, 5.41) is 0. The molecule has 124 valence electrons. The van der Waals surface area contributed by atoms with Crippen molar-refractivity contribution in [1.29, 1.82) is 0 Å². The Kier molecular flexibility index (Phi) is 4.89. The van der Waals surface area contributed by atoms with Crippen molar-refractivity contribution in [2.75, 3.05) is 4.72 Å². The van der Waals surface area contributed by atoms with Crippen molar-refractivity contribution < 1.29 is 21.9 Å². The number of ether oxygens (including phenoxy) is 1. The Labute approximate surface area is 134 Å². The van der Waals surface area contributed by atoms with Crippen LogP contribution >= 0.6 is 0 Å². The first-order chi connectivity index (χ1) is 10.7. The van der Waals surface area contributed by atoms with E-state index < -0.39 is 16.6 Å². The Hall–Kier alpha value is -2.15. The van der Waals surface area contributed by atoms with Gasteiger partial charge in [0.05, 0.1) is 10.6 Å². The fourth-order valence-corrected chi connectivity index (χ4v) is 3.15. The second-order valence-electron chi connectivity index (χ2n) is 5.23. The molecule has 0 spiro atoms. The van der Waals surface area contributed by atoms with Crippen molar-refractivity contribution in [2.45, 2.75) is 32.3 Å². The lowest BCUT2D eigenvalue weighted by molar-refractivity contribution is -0.0493. The van der Waals surface area contributed by atoms with Crippen LogP contribution in [0.15, 0.2) is 41.3 Å². The van der Waals surface area contributed by atoms with Gasteiger partial charge in [0.15, 0.2) is 0 Å². The molecule has 2 rings (SSSR count). The summed E-state index contributed by atoms with van der Waals surface area (Å²) in [7, 11) is -3.90. The number of alkyl halides is 2. The number of halogens is 2. The molecule has 0 atom stereocenters. The SMILES string of the molecule is Cc1ccc(OC(F)F)c(NS(=O)(=O)c2ccc(C)c(C)c2)c1. The second-order valence-corrected chi connectivity index (χ2v) is 6.91. The number of rotatable bonds is 5. The summed E-state index contributed by atoms with van der Waals surface area (Å²) in [4.78, 5) is 0.0603. The van der Waals surface area contributed by atoms with Crippen molar-refractivity contribution >= 4 is 15.7 Å². The van der Waals surface area contributed by atoms with Gasteiger partial charge in [-0.15, -0.1) is 0 Å². The first-order valence-corrected chi connectivity index (χ1v) is 8.33. The van der Waals surface area contributed by atoms with Crippen LogP contribution < -0.4 is 9.46 Å². The summed E-state index contributed by atoms with van der Waals surface area (Å²) in [6, 6.07) is 8.99. The van der Waals surface area contributed by atoms with Crippen LogP contribution in [0.3, 0.4) is 0 Å². The Morgan fingerprint density at radius 2 is 1.70 bits per heavy atom. The van der Waals surface area contributed by atoms with Gasteiger partial charge in [0.1, 0.15) is 5.75 Å². The number of hydrogen-bond acceptors (Lipinski definition) is 3. The standard InChI is InChI=1S/C16H17F2NO3S/c1-10-4-7-15(22-16(17)18)14(8-10)19-23(20,21)13-6-5-11(2)12(3)9-13/h4-9,16,19H,1-3H3. The van der Waals surface area contributed by atoms with E-state index in [4.69, 9.17) is 0 Å². The quantitative estimate of drug-likeness (QED) is 0.894. The summed E-state index contributed by atoms with van der Waals surface area (Å²) in [6.45, 7) is 2.35. The Balaban J connectivity index is 2.40. The van der Waals surface area contributed by atoms with E-state index in [1.165, 1.54) is 24.3 Å². The molecule has 2 aromatic carbocycles. The van der Waals surface area contributed by atoms with E-state index in [1.54, 1.807) is 26.0 Å². The second kappa shape index (κ2) is 6.54. The van der Waals surface area contributed by atoms with Gasteiger partial charge in [0, 0.05) is 0 Å². The van der Waals surface area contributed by atoms with Crippen LogP contribution in [0.25, 0.3) is 0 Å². The van der Waals surface area contributed by atoms with E-state index in [9.17, 15) is 17.2 Å². The first kappa shape index (κ1) is 17.2. The number of hydrogen-bond donors (Lipinski definition) is 1. The molecule has 23 heavy (non-hydrogen) atoms. The highest BCUT2D eigenvalue weighted by Gasteiger charge is 2.18. The highest BCUT2D eigenvalue weighted by atomic mass is 32.2. The molecule has 0 unspecified atom stereocenters. The Morgan fingerprint density at radius 3 is 2.30 bits per heavy atom. The molecule has 0 saturated carbocycles. The maximum absolute atomic E-state index is 12.5. The molecule has 0 amide bonds. The lowest BCUT2D eigenvalue weighted by atomic mass is 10.1. The van der Waals surface area contributed by atoms with Gasteiger partial charge in [-0.1, -0.05) is 12.1 Å². The third-order valence-corrected chi connectivity index (χ3v) is 4.75. The van der Waals surface area contributed by atoms with Gasteiger partial charge >= 0.3 is 6.61 Å². The van der Waals surface area contributed by atoms with Gasteiger partial charge in [-0.3, -0.25) is 4.72 Å². The number of nitrogens with one attached hydrogen (secondary N) is 1. The van der Waals surface area contributed by atoms with Gasteiger partial charge < -0.3 is 4.74 Å². The molecule has 0 saturated heterocycles. The van der Waals surface area contributed by atoms with Gasteiger partial charge in [-0.05, 0) is 61.7 Å². The zero-order valence-corrected chi connectivity index (χ0v) is 13.7. The van der Waals surface area contributed by atoms with E-state index in [2.05, 4.69) is 9.46 Å². The lowest BCUT2D eigenvalue weighted by Gasteiger charge is -2.14. The third-order valence-electron chi connectivity index (χ3n) is 3.38. The van der Waals surface area contributed by atoms with Crippen molar-refractivity contribution in [3.05, 3.63) is 53.1 Å². The van der Waals surface area contributed by atoms with E-state index in [0.717, 1.165) is 11.1 Å². The number of benzene rings is 2. The Bertz CT molecular complexity index is 820. The molecule has 0 aliphatic rings. The summed E-state index contributed by atoms with van der Waals surface area (Å²) in [6.07, 6.45) is 0. The fraction of sp³-hybridized carbons (Fsp3) is 0.250. The molecule has 0 fully saturated rings. The molecular weight excluding hydrogens is 324 g/mol. The van der Waals surface area contributed by atoms with Crippen LogP contribution in [-0.2, 0) is 10.0 Å². The number of anilines is 1. The van der Waals surface area contributed by atoms with Crippen LogP contribution in [0.4, 0.5) is 14.5 Å². The Morgan fingerprint density at radius 1 is 1.00 bits per heavy atom. The molecule has 4 nitrogen and oxygen atoms in total. The van der Waals surface area contributed by atoms with Crippen LogP contribution in [0.2, 0.25) is 0 Å². The minimum Gasteiger partial charge on any atom is -0.433 e. The summed E-state index contributed by atoms with van der Waals surface area (Å²) in [5.41, 5.74) is 2.47. The van der Waals surface area contributed by atoms with Crippen LogP contribution in [0, 0.1) is 20.8 Å². The predicted molar refractivity (Wildman–Crippen MR) is 84.5 cm³/mol. The van der Waals surface area contributed by atoms with E-state index in [0.29, 0.717) is 5.56 Å². The zero-order chi connectivity index (χ0) is 17.2. The molecule has 0 radical (unpaired) electrons. The van der Waals surface area contributed by atoms with Crippen LogP contribution in [0.1, 0.15) is 16.7 Å². The molecule has 0 aromatic heterocycles. The molecule has 0 aliphatic heterocycles. The highest BCUT2D eigenvalue weighted by Crippen LogP contribution is 2.29. The molecule has 7 heteroatoms. The van der Waals surface area contributed by atoms with Crippen LogP contribution in [-0.4, -0.2) is 15.0 Å². The fourth-order valence-electron chi connectivity index (χ4n) is 2.01. The van der Waals surface area contributed by atoms with E-state index in [-0.39, 0.29) is 16.3 Å². The van der Waals surface area contributed by atoms with Crippen molar-refractivity contribution in [3.8, 4) is 5.75 Å². The zero-order valence-electron chi connectivity index (χ0n) is 12.9. The first-order valence-electron chi connectivity index (χ1n) is 6.84. The van der Waals surface area contributed by atoms with Crippen molar-refractivity contribution in [3.63, 3.8) is 0 Å². The number of sulfonamides is 1. The monoisotopic (exact) mass is 341 g/mol. The molecule has 0 aliphatic carbocycles. The van der Waals surface area contributed by atoms with Crippen molar-refractivity contribution in [2.24, 2.45) is 0 Å². The maximum atomic E-state index is 12.5. The topological polar surface area (TPSA) is 55.4 Å². The van der Waals surface area contributed by atoms with Gasteiger partial charge in [0.25, 0.3) is 10.0 Å². The molecule has 2 aromatic rings. The predicted octanol–water partition coefficient (Wildman–Crippen LogP) is 4.01. The average molecular weight is 341 g/mol. The lowest BCUT2D eigenvalue weighted by Crippen LogP contribution is -2.15. The minimum absolute atomic E-state index is 0.0245. The molecule has 0 heterocycles. The maximum Gasteiger partial charge on any atom is 0.387 e. The number of aryl methyl sites for hydroxylation is 3. The third kappa shape index (κ3) is 4.19. The average Bonchev–Trinajstić information content (AvgIpc) is 2.44.